The van der Waals surface area contributed by atoms with Gasteiger partial charge in [-0.1, -0.05) is 48.5 Å². The first kappa shape index (κ1) is 19.0. The minimum absolute atomic E-state index is 0.251. The van der Waals surface area contributed by atoms with Gasteiger partial charge in [0.25, 0.3) is 0 Å². The molecule has 2 aromatic rings. The van der Waals surface area contributed by atoms with Crippen LogP contribution in [-0.4, -0.2) is 46.4 Å². The zero-order valence-electron chi connectivity index (χ0n) is 16.5. The molecule has 0 aromatic heterocycles. The summed E-state index contributed by atoms with van der Waals surface area (Å²) in [5.41, 5.74) is 0.957. The van der Waals surface area contributed by atoms with E-state index in [0.717, 1.165) is 5.56 Å². The molecule has 3 N–H and O–H groups in total. The second-order valence-electron chi connectivity index (χ2n) is 8.29. The number of amides is 3. The van der Waals surface area contributed by atoms with E-state index in [1.165, 1.54) is 4.90 Å². The number of carbonyl (C=O) groups is 3. The summed E-state index contributed by atoms with van der Waals surface area (Å²) in [7, 11) is 0. The molecule has 2 aromatic carbocycles. The molecule has 2 saturated heterocycles. The van der Waals surface area contributed by atoms with Crippen molar-refractivity contribution in [2.24, 2.45) is 11.8 Å². The van der Waals surface area contributed by atoms with E-state index in [0.29, 0.717) is 17.7 Å². The average Bonchev–Trinajstić information content (AvgIpc) is 3.33. The molecule has 5 atom stereocenters. The van der Waals surface area contributed by atoms with Gasteiger partial charge >= 0.3 is 0 Å². The first-order chi connectivity index (χ1) is 14.4. The molecule has 7 heteroatoms. The maximum absolute atomic E-state index is 13.5. The van der Waals surface area contributed by atoms with Crippen LogP contribution in [0.2, 0.25) is 0 Å². The number of rotatable bonds is 4. The Kier molecular flexibility index (Phi) is 4.27. The number of benzene rings is 2. The highest BCUT2D eigenvalue weighted by molar-refractivity contribution is 6.15. The molecule has 0 bridgehead atoms. The molecule has 2 fully saturated rings. The van der Waals surface area contributed by atoms with Crippen LogP contribution in [0.4, 0.5) is 5.69 Å². The lowest BCUT2D eigenvalue weighted by atomic mass is 9.76. The smallest absolute Gasteiger partial charge is 0.250 e. The number of likely N-dealkylation sites (tertiary alicyclic amines) is 1. The van der Waals surface area contributed by atoms with Crippen LogP contribution in [-0.2, 0) is 26.3 Å². The summed E-state index contributed by atoms with van der Waals surface area (Å²) >= 11 is 0. The van der Waals surface area contributed by atoms with Gasteiger partial charge in [0.2, 0.25) is 17.7 Å². The number of aliphatic hydroxyl groups is 1. The van der Waals surface area contributed by atoms with Crippen LogP contribution in [0.3, 0.4) is 0 Å². The van der Waals surface area contributed by atoms with Crippen molar-refractivity contribution in [3.8, 4) is 0 Å². The first-order valence-electron chi connectivity index (χ1n) is 10.2. The zero-order valence-corrected chi connectivity index (χ0v) is 16.5. The van der Waals surface area contributed by atoms with E-state index in [1.54, 1.807) is 19.1 Å². The summed E-state index contributed by atoms with van der Waals surface area (Å²) in [6, 6.07) is 16.2. The van der Waals surface area contributed by atoms with Gasteiger partial charge in [-0.3, -0.25) is 24.6 Å². The van der Waals surface area contributed by atoms with Crippen LogP contribution in [0.1, 0.15) is 18.1 Å². The molecular formula is C23H23N3O4. The Morgan fingerprint density at radius 3 is 2.47 bits per heavy atom. The van der Waals surface area contributed by atoms with Gasteiger partial charge in [-0.15, -0.1) is 0 Å². The van der Waals surface area contributed by atoms with Crippen molar-refractivity contribution in [3.05, 3.63) is 65.7 Å². The molecule has 0 radical (unpaired) electrons. The number of hydrogen-bond donors (Lipinski definition) is 3. The SMILES string of the molecule is C[C@@H](O)[C@H]1N[C@]2(C(=O)Nc3ccccc32)[C@@H]2C(=O)N(CCc3ccccc3)C(=O)[C@@H]12. The third-order valence-electron chi connectivity index (χ3n) is 6.64. The predicted molar refractivity (Wildman–Crippen MR) is 109 cm³/mol. The molecule has 0 aliphatic carbocycles. The Morgan fingerprint density at radius 1 is 1.03 bits per heavy atom. The van der Waals surface area contributed by atoms with Crippen LogP contribution in [0.15, 0.2) is 54.6 Å². The van der Waals surface area contributed by atoms with Crippen molar-refractivity contribution in [3.63, 3.8) is 0 Å². The van der Waals surface area contributed by atoms with Crippen LogP contribution in [0.5, 0.6) is 0 Å². The Bertz CT molecular complexity index is 1040. The van der Waals surface area contributed by atoms with Gasteiger partial charge in [-0.2, -0.15) is 0 Å². The molecule has 3 aliphatic rings. The number of fused-ring (bicyclic) bond motifs is 4. The Hall–Kier alpha value is -3.03. The van der Waals surface area contributed by atoms with Crippen molar-refractivity contribution in [1.29, 1.82) is 0 Å². The summed E-state index contributed by atoms with van der Waals surface area (Å²) in [5, 5.41) is 16.4. The standard InChI is InChI=1S/C23H23N3O4/c1-13(27)19-17-18(23(25-19)15-9-5-6-10-16(15)24-22(23)30)21(29)26(20(17)28)12-11-14-7-3-2-4-8-14/h2-10,13,17-19,25,27H,11-12H2,1H3,(H,24,30)/t13-,17-,18+,19-,23+/m1/s1. The summed E-state index contributed by atoms with van der Waals surface area (Å²) in [6.45, 7) is 1.83. The molecule has 1 spiro atoms. The highest BCUT2D eigenvalue weighted by Crippen LogP contribution is 2.53. The number of aliphatic hydroxyl groups excluding tert-OH is 1. The van der Waals surface area contributed by atoms with Crippen LogP contribution < -0.4 is 10.6 Å². The number of hydrogen-bond acceptors (Lipinski definition) is 5. The molecule has 0 unspecified atom stereocenters. The fraction of sp³-hybridized carbons (Fsp3) is 0.348. The second kappa shape index (κ2) is 6.75. The van der Waals surface area contributed by atoms with E-state index >= 15 is 0 Å². The maximum atomic E-state index is 13.5. The Morgan fingerprint density at radius 2 is 1.73 bits per heavy atom. The molecule has 154 valence electrons. The van der Waals surface area contributed by atoms with Crippen molar-refractivity contribution < 1.29 is 19.5 Å². The molecule has 3 heterocycles. The lowest BCUT2D eigenvalue weighted by Gasteiger charge is -2.30. The molecule has 3 aliphatic heterocycles. The Balaban J connectivity index is 1.54. The predicted octanol–water partition coefficient (Wildman–Crippen LogP) is 1.03. The van der Waals surface area contributed by atoms with Gasteiger partial charge < -0.3 is 10.4 Å². The number of para-hydroxylation sites is 1. The fourth-order valence-electron chi connectivity index (χ4n) is 5.27. The van der Waals surface area contributed by atoms with Crippen molar-refractivity contribution in [2.45, 2.75) is 31.0 Å². The molecule has 30 heavy (non-hydrogen) atoms. The van der Waals surface area contributed by atoms with Gasteiger partial charge in [0, 0.05) is 23.8 Å². The number of carbonyl (C=O) groups excluding carboxylic acids is 3. The van der Waals surface area contributed by atoms with Crippen LogP contribution in [0, 0.1) is 11.8 Å². The van der Waals surface area contributed by atoms with E-state index < -0.39 is 29.5 Å². The minimum Gasteiger partial charge on any atom is -0.392 e. The van der Waals surface area contributed by atoms with E-state index in [2.05, 4.69) is 10.6 Å². The number of anilines is 1. The van der Waals surface area contributed by atoms with E-state index in [-0.39, 0.29) is 24.3 Å². The van der Waals surface area contributed by atoms with E-state index in [1.807, 2.05) is 42.5 Å². The minimum atomic E-state index is -1.35. The van der Waals surface area contributed by atoms with Crippen molar-refractivity contribution in [1.82, 2.24) is 10.2 Å². The van der Waals surface area contributed by atoms with E-state index in [9.17, 15) is 19.5 Å². The zero-order chi connectivity index (χ0) is 21.0. The largest absolute Gasteiger partial charge is 0.392 e. The molecule has 7 nitrogen and oxygen atoms in total. The third kappa shape index (κ3) is 2.49. The third-order valence-corrected chi connectivity index (χ3v) is 6.64. The molecular weight excluding hydrogens is 382 g/mol. The molecule has 5 rings (SSSR count). The molecule has 3 amide bonds. The lowest BCUT2D eigenvalue weighted by Crippen LogP contribution is -2.54. The van der Waals surface area contributed by atoms with E-state index in [4.69, 9.17) is 0 Å². The summed E-state index contributed by atoms with van der Waals surface area (Å²) in [6.07, 6.45) is -0.358. The van der Waals surface area contributed by atoms with Crippen LogP contribution in [0.25, 0.3) is 0 Å². The molecule has 0 saturated carbocycles. The highest BCUT2D eigenvalue weighted by atomic mass is 16.3. The Labute approximate surface area is 174 Å². The van der Waals surface area contributed by atoms with Crippen molar-refractivity contribution in [2.75, 3.05) is 11.9 Å². The topological polar surface area (TPSA) is 98.7 Å². The normalized spacial score (nSPS) is 30.5. The summed E-state index contributed by atoms with van der Waals surface area (Å²) in [4.78, 5) is 41.3. The number of nitrogens with one attached hydrogen (secondary N) is 2. The average molecular weight is 405 g/mol. The van der Waals surface area contributed by atoms with Gasteiger partial charge in [-0.25, -0.2) is 0 Å². The quantitative estimate of drug-likeness (QED) is 0.660. The number of imide groups is 1. The summed E-state index contributed by atoms with van der Waals surface area (Å²) in [5.74, 6) is -2.71. The van der Waals surface area contributed by atoms with Gasteiger partial charge in [0.05, 0.1) is 17.9 Å². The lowest BCUT2D eigenvalue weighted by molar-refractivity contribution is -0.143. The van der Waals surface area contributed by atoms with Gasteiger partial charge in [0.1, 0.15) is 5.54 Å². The first-order valence-corrected chi connectivity index (χ1v) is 10.2. The van der Waals surface area contributed by atoms with Gasteiger partial charge in [-0.05, 0) is 25.0 Å². The highest BCUT2D eigenvalue weighted by Gasteiger charge is 2.70. The van der Waals surface area contributed by atoms with Gasteiger partial charge in [0.15, 0.2) is 0 Å². The van der Waals surface area contributed by atoms with Crippen molar-refractivity contribution >= 4 is 23.4 Å². The fourth-order valence-corrected chi connectivity index (χ4v) is 5.27. The second-order valence-corrected chi connectivity index (χ2v) is 8.29. The summed E-state index contributed by atoms with van der Waals surface area (Å²) < 4.78 is 0. The monoisotopic (exact) mass is 405 g/mol. The van der Waals surface area contributed by atoms with Crippen LogP contribution >= 0.6 is 0 Å². The maximum Gasteiger partial charge on any atom is 0.250 e. The number of nitrogens with zero attached hydrogens (tertiary/aromatic N) is 1.